The van der Waals surface area contributed by atoms with Crippen LogP contribution in [0.5, 0.6) is 0 Å². The number of rotatable bonds is 5. The minimum atomic E-state index is -1.99. The summed E-state index contributed by atoms with van der Waals surface area (Å²) in [6.45, 7) is 3.74. The number of carbonyl (C=O) groups excluding carboxylic acids is 2. The lowest BCUT2D eigenvalue weighted by atomic mass is 9.87. The van der Waals surface area contributed by atoms with Crippen molar-refractivity contribution in [3.63, 3.8) is 0 Å². The maximum Gasteiger partial charge on any atom is 0.264 e. The van der Waals surface area contributed by atoms with E-state index in [4.69, 9.17) is 0 Å². The molecule has 0 saturated heterocycles. The Kier molecular flexibility index (Phi) is 5.00. The predicted molar refractivity (Wildman–Crippen MR) is 113 cm³/mol. The number of fused-ring (bicyclic) bond motifs is 1. The maximum absolute atomic E-state index is 14.2. The van der Waals surface area contributed by atoms with Gasteiger partial charge in [0.25, 0.3) is 5.91 Å². The van der Waals surface area contributed by atoms with Gasteiger partial charge in [0.05, 0.1) is 18.7 Å². The molecule has 3 aromatic rings. The minimum absolute atomic E-state index is 0.0252. The van der Waals surface area contributed by atoms with Gasteiger partial charge in [-0.2, -0.15) is 0 Å². The summed E-state index contributed by atoms with van der Waals surface area (Å²) >= 11 is 0. The van der Waals surface area contributed by atoms with Gasteiger partial charge in [0, 0.05) is 16.7 Å². The Morgan fingerprint density at radius 2 is 1.73 bits per heavy atom. The number of halogens is 1. The van der Waals surface area contributed by atoms with Gasteiger partial charge in [-0.25, -0.2) is 4.39 Å². The number of benzene rings is 3. The number of aryl methyl sites for hydroxylation is 2. The normalized spacial score (nSPS) is 17.9. The SMILES string of the molecule is Cc1ccc(C(=O)C[C@@]2(O)C(=O)N(Cc3ccccc3F)c3ccccc32)c(C)c1. The van der Waals surface area contributed by atoms with Crippen LogP contribution in [-0.2, 0) is 16.9 Å². The largest absolute Gasteiger partial charge is 0.375 e. The summed E-state index contributed by atoms with van der Waals surface area (Å²) in [6.07, 6.45) is -0.374. The van der Waals surface area contributed by atoms with Crippen molar-refractivity contribution in [2.75, 3.05) is 4.90 Å². The molecule has 1 atom stereocenters. The second-order valence-electron chi connectivity index (χ2n) is 7.78. The molecule has 1 heterocycles. The molecule has 1 aliphatic rings. The van der Waals surface area contributed by atoms with Gasteiger partial charge < -0.3 is 10.0 Å². The van der Waals surface area contributed by atoms with E-state index in [0.29, 0.717) is 22.4 Å². The molecule has 0 spiro atoms. The third-order valence-electron chi connectivity index (χ3n) is 5.62. The number of anilines is 1. The molecule has 3 aromatic carbocycles. The van der Waals surface area contributed by atoms with Crippen molar-refractivity contribution >= 4 is 17.4 Å². The van der Waals surface area contributed by atoms with Crippen LogP contribution < -0.4 is 4.90 Å². The van der Waals surface area contributed by atoms with Crippen molar-refractivity contribution in [1.29, 1.82) is 0 Å². The topological polar surface area (TPSA) is 57.6 Å². The molecule has 0 aromatic heterocycles. The van der Waals surface area contributed by atoms with Gasteiger partial charge in [-0.15, -0.1) is 0 Å². The number of aliphatic hydroxyl groups is 1. The second-order valence-corrected chi connectivity index (χ2v) is 7.78. The molecule has 0 saturated carbocycles. The molecule has 30 heavy (non-hydrogen) atoms. The molecule has 1 aliphatic heterocycles. The number of amides is 1. The van der Waals surface area contributed by atoms with E-state index in [0.717, 1.165) is 11.1 Å². The summed E-state index contributed by atoms with van der Waals surface area (Å²) in [7, 11) is 0. The van der Waals surface area contributed by atoms with Gasteiger partial charge in [0.2, 0.25) is 0 Å². The van der Waals surface area contributed by atoms with Gasteiger partial charge in [-0.05, 0) is 31.5 Å². The number of hydrogen-bond acceptors (Lipinski definition) is 3. The van der Waals surface area contributed by atoms with Crippen LogP contribution in [0.4, 0.5) is 10.1 Å². The number of Topliss-reactive ketones (excluding diaryl/α,β-unsaturated/α-hetero) is 1. The highest BCUT2D eigenvalue weighted by atomic mass is 19.1. The van der Waals surface area contributed by atoms with Crippen molar-refractivity contribution < 1.29 is 19.1 Å². The Labute approximate surface area is 174 Å². The fourth-order valence-corrected chi connectivity index (χ4v) is 4.09. The molecule has 4 nitrogen and oxygen atoms in total. The standard InChI is InChI=1S/C25H22FNO3/c1-16-11-12-19(17(2)13-16)23(28)14-25(30)20-8-4-6-10-22(20)27(24(25)29)15-18-7-3-5-9-21(18)26/h3-13,30H,14-15H2,1-2H3/t25-/m0/s1. The quantitative estimate of drug-likeness (QED) is 0.641. The predicted octanol–water partition coefficient (Wildman–Crippen LogP) is 4.45. The fourth-order valence-electron chi connectivity index (χ4n) is 4.09. The highest BCUT2D eigenvalue weighted by Crippen LogP contribution is 2.43. The molecule has 1 amide bonds. The Balaban J connectivity index is 1.70. The van der Waals surface area contributed by atoms with Crippen molar-refractivity contribution in [1.82, 2.24) is 0 Å². The van der Waals surface area contributed by atoms with E-state index in [1.54, 1.807) is 48.5 Å². The summed E-state index contributed by atoms with van der Waals surface area (Å²) < 4.78 is 14.2. The summed E-state index contributed by atoms with van der Waals surface area (Å²) in [6, 6.07) is 18.5. The lowest BCUT2D eigenvalue weighted by molar-refractivity contribution is -0.136. The van der Waals surface area contributed by atoms with E-state index < -0.39 is 17.3 Å². The molecule has 152 valence electrons. The first-order chi connectivity index (χ1) is 14.3. The Bertz CT molecular complexity index is 1160. The minimum Gasteiger partial charge on any atom is -0.375 e. The van der Waals surface area contributed by atoms with Gasteiger partial charge in [-0.1, -0.05) is 60.2 Å². The summed E-state index contributed by atoms with van der Waals surface area (Å²) in [5.41, 5.74) is 1.51. The molecule has 1 N–H and O–H groups in total. The zero-order valence-corrected chi connectivity index (χ0v) is 16.9. The van der Waals surface area contributed by atoms with Crippen LogP contribution in [-0.4, -0.2) is 16.8 Å². The lowest BCUT2D eigenvalue weighted by Gasteiger charge is -2.23. The molecule has 0 radical (unpaired) electrons. The maximum atomic E-state index is 14.2. The molecule has 5 heteroatoms. The second kappa shape index (κ2) is 7.50. The monoisotopic (exact) mass is 403 g/mol. The molecule has 0 fully saturated rings. The Morgan fingerprint density at radius 1 is 1.03 bits per heavy atom. The van der Waals surface area contributed by atoms with Crippen molar-refractivity contribution in [3.05, 3.63) is 100 Å². The van der Waals surface area contributed by atoms with Crippen LogP contribution in [0, 0.1) is 19.7 Å². The lowest BCUT2D eigenvalue weighted by Crippen LogP contribution is -2.41. The van der Waals surface area contributed by atoms with Crippen LogP contribution in [0.2, 0.25) is 0 Å². The number of para-hydroxylation sites is 1. The molecule has 0 unspecified atom stereocenters. The zero-order chi connectivity index (χ0) is 21.5. The number of hydrogen-bond donors (Lipinski definition) is 1. The number of carbonyl (C=O) groups is 2. The molecule has 0 aliphatic carbocycles. The van der Waals surface area contributed by atoms with E-state index in [-0.39, 0.29) is 18.7 Å². The number of nitrogens with zero attached hydrogens (tertiary/aromatic N) is 1. The fraction of sp³-hybridized carbons (Fsp3) is 0.200. The first-order valence-corrected chi connectivity index (χ1v) is 9.79. The molecular weight excluding hydrogens is 381 g/mol. The van der Waals surface area contributed by atoms with Gasteiger partial charge in [0.1, 0.15) is 5.82 Å². The Hall–Kier alpha value is -3.31. The first kappa shape index (κ1) is 20.0. The average molecular weight is 403 g/mol. The van der Waals surface area contributed by atoms with Gasteiger partial charge >= 0.3 is 0 Å². The van der Waals surface area contributed by atoms with Crippen molar-refractivity contribution in [3.8, 4) is 0 Å². The number of ketones is 1. The van der Waals surface area contributed by atoms with Crippen molar-refractivity contribution in [2.24, 2.45) is 0 Å². The van der Waals surface area contributed by atoms with Crippen LogP contribution in [0.3, 0.4) is 0 Å². The van der Waals surface area contributed by atoms with Gasteiger partial charge in [-0.3, -0.25) is 9.59 Å². The van der Waals surface area contributed by atoms with E-state index in [1.165, 1.54) is 11.0 Å². The van der Waals surface area contributed by atoms with E-state index >= 15 is 0 Å². The third-order valence-corrected chi connectivity index (χ3v) is 5.62. The third kappa shape index (κ3) is 3.31. The van der Waals surface area contributed by atoms with E-state index in [9.17, 15) is 19.1 Å². The summed E-state index contributed by atoms with van der Waals surface area (Å²) in [5, 5.41) is 11.4. The van der Waals surface area contributed by atoms with E-state index in [2.05, 4.69) is 0 Å². The van der Waals surface area contributed by atoms with Crippen LogP contribution in [0.15, 0.2) is 66.7 Å². The van der Waals surface area contributed by atoms with Crippen molar-refractivity contribution in [2.45, 2.75) is 32.4 Å². The molecular formula is C25H22FNO3. The first-order valence-electron chi connectivity index (χ1n) is 9.79. The van der Waals surface area contributed by atoms with Crippen LogP contribution >= 0.6 is 0 Å². The van der Waals surface area contributed by atoms with Gasteiger partial charge in [0.15, 0.2) is 11.4 Å². The summed E-state index contributed by atoms with van der Waals surface area (Å²) in [4.78, 5) is 27.7. The van der Waals surface area contributed by atoms with Crippen LogP contribution in [0.25, 0.3) is 0 Å². The zero-order valence-electron chi connectivity index (χ0n) is 16.9. The van der Waals surface area contributed by atoms with E-state index in [1.807, 2.05) is 26.0 Å². The molecule has 4 rings (SSSR count). The molecule has 0 bridgehead atoms. The summed E-state index contributed by atoms with van der Waals surface area (Å²) in [5.74, 6) is -1.36. The average Bonchev–Trinajstić information content (AvgIpc) is 2.91. The highest BCUT2D eigenvalue weighted by Gasteiger charge is 2.50. The Morgan fingerprint density at radius 3 is 2.47 bits per heavy atom. The highest BCUT2D eigenvalue weighted by molar-refractivity contribution is 6.11. The smallest absolute Gasteiger partial charge is 0.264 e. The van der Waals surface area contributed by atoms with Crippen LogP contribution in [0.1, 0.15) is 39.0 Å².